The molecule has 0 N–H and O–H groups in total. The number of rotatable bonds is 4. The van der Waals surface area contributed by atoms with E-state index in [2.05, 4.69) is 203 Å². The molecule has 1 aliphatic carbocycles. The fraction of sp³-hybridized carbons (Fsp3) is 0.0588. The summed E-state index contributed by atoms with van der Waals surface area (Å²) in [5.41, 5.74) is 16.3. The van der Waals surface area contributed by atoms with Crippen molar-refractivity contribution in [2.75, 3.05) is 0 Å². The minimum atomic E-state index is 0.154. The summed E-state index contributed by atoms with van der Waals surface area (Å²) in [5, 5.41) is 7.67. The summed E-state index contributed by atoms with van der Waals surface area (Å²) in [5.74, 6) is 0. The topological polar surface area (TPSA) is 14.8 Å². The Morgan fingerprint density at radius 2 is 0.704 bits per heavy atom. The van der Waals surface area contributed by atoms with Crippen molar-refractivity contribution >= 4 is 65.4 Å². The summed E-state index contributed by atoms with van der Waals surface area (Å²) in [6.45, 7) is 4.67. The van der Waals surface area contributed by atoms with E-state index in [0.29, 0.717) is 0 Å². The van der Waals surface area contributed by atoms with Gasteiger partial charge in [-0.25, -0.2) is 0 Å². The molecule has 3 nitrogen and oxygen atoms in total. The molecule has 8 aromatic carbocycles. The molecule has 0 amide bonds. The van der Waals surface area contributed by atoms with Crippen LogP contribution in [-0.4, -0.2) is 13.7 Å². The highest BCUT2D eigenvalue weighted by atomic mass is 15.0. The number of nitrogens with zero attached hydrogens (tertiary/aromatic N) is 3. The van der Waals surface area contributed by atoms with Gasteiger partial charge in [-0.1, -0.05) is 111 Å². The van der Waals surface area contributed by atoms with Gasteiger partial charge in [0.2, 0.25) is 0 Å². The van der Waals surface area contributed by atoms with E-state index in [0.717, 1.165) is 11.4 Å². The van der Waals surface area contributed by atoms with E-state index >= 15 is 0 Å². The smallest absolute Gasteiger partial charge is 0.0544 e. The first-order valence-corrected chi connectivity index (χ1v) is 18.9. The lowest BCUT2D eigenvalue weighted by atomic mass is 10.0. The summed E-state index contributed by atoms with van der Waals surface area (Å²) >= 11 is 0. The molecular weight excluding hydrogens is 655 g/mol. The maximum atomic E-state index is 2.46. The molecule has 0 spiro atoms. The first-order chi connectivity index (χ1) is 26.5. The molecule has 0 aliphatic heterocycles. The van der Waals surface area contributed by atoms with E-state index in [4.69, 9.17) is 0 Å². The SMILES string of the molecule is CC1(C)c2cc3c4ccccc4n(-c4cccc(-n5c6ccccc6c6cc(-c7cccc(-n8c9ccccc9c9ccccc98)c7)ccc65)c4)c3cc21. The van der Waals surface area contributed by atoms with E-state index in [1.54, 1.807) is 0 Å². The molecular formula is C51H35N3. The third kappa shape index (κ3) is 4.01. The first-order valence-electron chi connectivity index (χ1n) is 18.9. The molecule has 54 heavy (non-hydrogen) atoms. The second-order valence-corrected chi connectivity index (χ2v) is 15.4. The fourth-order valence-corrected chi connectivity index (χ4v) is 9.41. The van der Waals surface area contributed by atoms with Gasteiger partial charge >= 0.3 is 0 Å². The summed E-state index contributed by atoms with van der Waals surface area (Å²) in [6.07, 6.45) is 0. The van der Waals surface area contributed by atoms with Gasteiger partial charge in [0.1, 0.15) is 0 Å². The van der Waals surface area contributed by atoms with E-state index in [-0.39, 0.29) is 5.41 Å². The van der Waals surface area contributed by atoms with Crippen molar-refractivity contribution in [1.29, 1.82) is 0 Å². The molecule has 0 radical (unpaired) electrons. The number of aromatic nitrogens is 3. The zero-order valence-corrected chi connectivity index (χ0v) is 30.1. The van der Waals surface area contributed by atoms with Gasteiger partial charge in [-0.05, 0) is 101 Å². The second kappa shape index (κ2) is 10.6. The Hall–Kier alpha value is -6.84. The monoisotopic (exact) mass is 689 g/mol. The highest BCUT2D eigenvalue weighted by Crippen LogP contribution is 2.52. The predicted octanol–water partition coefficient (Wildman–Crippen LogP) is 13.3. The van der Waals surface area contributed by atoms with Crippen LogP contribution in [0.15, 0.2) is 176 Å². The molecule has 1 aliphatic rings. The lowest BCUT2D eigenvalue weighted by Gasteiger charge is -2.13. The van der Waals surface area contributed by atoms with Gasteiger partial charge in [-0.15, -0.1) is 0 Å². The maximum Gasteiger partial charge on any atom is 0.0544 e. The number of hydrogen-bond acceptors (Lipinski definition) is 0. The van der Waals surface area contributed by atoms with Gasteiger partial charge in [0, 0.05) is 54.8 Å². The highest BCUT2D eigenvalue weighted by molar-refractivity contribution is 6.12. The number of benzene rings is 8. The standard InChI is InChI=1S/C51H35N3/c1-51(2)43-30-42-40-20-6-10-24-48(40)54(50(42)31-44(43)51)36-16-12-15-35(29-36)53-47-23-9-5-19-39(47)41-28-33(25-26-49(41)53)32-13-11-14-34(27-32)52-45-21-7-3-17-37(45)38-18-4-8-22-46(38)52/h3-31H,1-2H3. The molecule has 0 fully saturated rings. The molecule has 0 atom stereocenters. The van der Waals surface area contributed by atoms with Crippen LogP contribution < -0.4 is 0 Å². The van der Waals surface area contributed by atoms with Crippen LogP contribution in [0.25, 0.3) is 93.6 Å². The van der Waals surface area contributed by atoms with Crippen LogP contribution in [0.3, 0.4) is 0 Å². The van der Waals surface area contributed by atoms with Crippen molar-refractivity contribution in [3.8, 4) is 28.2 Å². The molecule has 0 saturated heterocycles. The van der Waals surface area contributed by atoms with Gasteiger partial charge in [0.05, 0.1) is 33.1 Å². The van der Waals surface area contributed by atoms with Gasteiger partial charge in [-0.3, -0.25) is 0 Å². The van der Waals surface area contributed by atoms with Crippen molar-refractivity contribution in [2.24, 2.45) is 0 Å². The first kappa shape index (κ1) is 29.7. The van der Waals surface area contributed by atoms with E-state index < -0.39 is 0 Å². The van der Waals surface area contributed by atoms with E-state index in [9.17, 15) is 0 Å². The van der Waals surface area contributed by atoms with Gasteiger partial charge in [0.15, 0.2) is 0 Å². The molecule has 11 aromatic rings. The maximum absolute atomic E-state index is 2.46. The Kier molecular flexibility index (Phi) is 5.84. The molecule has 0 saturated carbocycles. The summed E-state index contributed by atoms with van der Waals surface area (Å²) in [4.78, 5) is 0. The lowest BCUT2D eigenvalue weighted by molar-refractivity contribution is 0.793. The Bertz CT molecular complexity index is 3310. The second-order valence-electron chi connectivity index (χ2n) is 15.4. The minimum absolute atomic E-state index is 0.154. The van der Waals surface area contributed by atoms with Gasteiger partial charge in [-0.2, -0.15) is 0 Å². The Balaban J connectivity index is 1.02. The van der Waals surface area contributed by atoms with E-state index in [1.165, 1.54) is 93.4 Å². The van der Waals surface area contributed by atoms with Crippen LogP contribution in [0.2, 0.25) is 0 Å². The quantitative estimate of drug-likeness (QED) is 0.175. The molecule has 3 aromatic heterocycles. The molecule has 254 valence electrons. The van der Waals surface area contributed by atoms with Crippen LogP contribution in [0, 0.1) is 0 Å². The van der Waals surface area contributed by atoms with Crippen LogP contribution in [0.4, 0.5) is 0 Å². The van der Waals surface area contributed by atoms with Gasteiger partial charge < -0.3 is 13.7 Å². The van der Waals surface area contributed by atoms with Crippen LogP contribution >= 0.6 is 0 Å². The largest absolute Gasteiger partial charge is 0.309 e. The third-order valence-electron chi connectivity index (χ3n) is 12.1. The van der Waals surface area contributed by atoms with Crippen molar-refractivity contribution in [3.05, 3.63) is 187 Å². The normalized spacial score (nSPS) is 13.5. The zero-order valence-electron chi connectivity index (χ0n) is 30.1. The van der Waals surface area contributed by atoms with Crippen molar-refractivity contribution in [2.45, 2.75) is 19.3 Å². The third-order valence-corrected chi connectivity index (χ3v) is 12.1. The Morgan fingerprint density at radius 1 is 0.296 bits per heavy atom. The molecule has 0 unspecified atom stereocenters. The number of fused-ring (bicyclic) bond motifs is 10. The van der Waals surface area contributed by atoms with Crippen LogP contribution in [-0.2, 0) is 5.41 Å². The van der Waals surface area contributed by atoms with E-state index in [1.807, 2.05) is 0 Å². The van der Waals surface area contributed by atoms with Crippen molar-refractivity contribution < 1.29 is 0 Å². The summed E-state index contributed by atoms with van der Waals surface area (Å²) < 4.78 is 7.29. The van der Waals surface area contributed by atoms with Crippen molar-refractivity contribution in [3.63, 3.8) is 0 Å². The van der Waals surface area contributed by atoms with Crippen LogP contribution in [0.1, 0.15) is 25.0 Å². The van der Waals surface area contributed by atoms with Crippen LogP contribution in [0.5, 0.6) is 0 Å². The summed E-state index contributed by atoms with van der Waals surface area (Å²) in [7, 11) is 0. The predicted molar refractivity (Wildman–Crippen MR) is 227 cm³/mol. The van der Waals surface area contributed by atoms with Gasteiger partial charge in [0.25, 0.3) is 0 Å². The number of para-hydroxylation sites is 4. The number of hydrogen-bond donors (Lipinski definition) is 0. The highest BCUT2D eigenvalue weighted by Gasteiger charge is 2.42. The Labute approximate surface area is 312 Å². The lowest BCUT2D eigenvalue weighted by Crippen LogP contribution is -1.98. The molecule has 3 heterocycles. The zero-order chi connectivity index (χ0) is 35.7. The fourth-order valence-electron chi connectivity index (χ4n) is 9.41. The molecule has 3 heteroatoms. The molecule has 0 bridgehead atoms. The average molecular weight is 690 g/mol. The Morgan fingerprint density at radius 3 is 1.28 bits per heavy atom. The minimum Gasteiger partial charge on any atom is -0.309 e. The molecule has 12 rings (SSSR count). The average Bonchev–Trinajstić information content (AvgIpc) is 3.53. The van der Waals surface area contributed by atoms with Crippen molar-refractivity contribution in [1.82, 2.24) is 13.7 Å². The summed E-state index contributed by atoms with van der Waals surface area (Å²) in [6, 6.07) is 65.0.